The highest BCUT2D eigenvalue weighted by atomic mass is 16.6. The van der Waals surface area contributed by atoms with Crippen molar-refractivity contribution in [2.24, 2.45) is 5.92 Å². The van der Waals surface area contributed by atoms with Crippen LogP contribution in [0.2, 0.25) is 0 Å². The van der Waals surface area contributed by atoms with Crippen LogP contribution >= 0.6 is 0 Å². The predicted molar refractivity (Wildman–Crippen MR) is 90.5 cm³/mol. The van der Waals surface area contributed by atoms with Gasteiger partial charge in [-0.15, -0.1) is 0 Å². The first kappa shape index (κ1) is 16.5. The summed E-state index contributed by atoms with van der Waals surface area (Å²) in [6.45, 7) is 2.85. The molecule has 1 aromatic heterocycles. The molecule has 1 amide bonds. The molecular formula is C19H19NO6. The number of benzene rings is 1. The maximum Gasteiger partial charge on any atom is 0.339 e. The fourth-order valence-electron chi connectivity index (χ4n) is 3.29. The predicted octanol–water partition coefficient (Wildman–Crippen LogP) is 2.48. The number of hydrogen-bond acceptors (Lipinski definition) is 5. The molecule has 2 atom stereocenters. The van der Waals surface area contributed by atoms with Crippen molar-refractivity contribution in [1.82, 2.24) is 5.32 Å². The molecule has 2 aromatic rings. The Bertz CT molecular complexity index is 871. The van der Waals surface area contributed by atoms with E-state index < -0.39 is 5.97 Å². The highest BCUT2D eigenvalue weighted by Crippen LogP contribution is 2.49. The highest BCUT2D eigenvalue weighted by molar-refractivity contribution is 5.89. The lowest BCUT2D eigenvalue weighted by Crippen LogP contribution is -2.24. The van der Waals surface area contributed by atoms with E-state index in [0.717, 1.165) is 23.5 Å². The Morgan fingerprint density at radius 3 is 2.69 bits per heavy atom. The van der Waals surface area contributed by atoms with E-state index in [2.05, 4.69) is 5.32 Å². The van der Waals surface area contributed by atoms with Gasteiger partial charge >= 0.3 is 5.97 Å². The largest absolute Gasteiger partial charge is 0.486 e. The summed E-state index contributed by atoms with van der Waals surface area (Å²) >= 11 is 0. The summed E-state index contributed by atoms with van der Waals surface area (Å²) in [5.41, 5.74) is 1.19. The van der Waals surface area contributed by atoms with Crippen LogP contribution in [-0.4, -0.2) is 30.2 Å². The molecule has 1 fully saturated rings. The van der Waals surface area contributed by atoms with Crippen molar-refractivity contribution in [1.29, 1.82) is 0 Å². The van der Waals surface area contributed by atoms with Gasteiger partial charge in [-0.05, 0) is 43.0 Å². The Hall–Kier alpha value is -2.96. The molecule has 2 aliphatic rings. The fraction of sp³-hybridized carbons (Fsp3) is 0.368. The van der Waals surface area contributed by atoms with Crippen LogP contribution in [0.25, 0.3) is 0 Å². The average molecular weight is 357 g/mol. The maximum absolute atomic E-state index is 12.4. The molecular weight excluding hydrogens is 338 g/mol. The van der Waals surface area contributed by atoms with Crippen LogP contribution in [0.4, 0.5) is 0 Å². The van der Waals surface area contributed by atoms with E-state index in [-0.39, 0.29) is 29.9 Å². The van der Waals surface area contributed by atoms with Gasteiger partial charge in [0.15, 0.2) is 11.5 Å². The molecule has 2 heterocycles. The topological polar surface area (TPSA) is 98.0 Å². The third-order valence-electron chi connectivity index (χ3n) is 4.76. The number of fused-ring (bicyclic) bond motifs is 1. The van der Waals surface area contributed by atoms with E-state index in [0.29, 0.717) is 24.7 Å². The van der Waals surface area contributed by atoms with Crippen LogP contribution in [0.15, 0.2) is 28.7 Å². The zero-order valence-corrected chi connectivity index (χ0v) is 14.3. The number of carboxylic acid groups (broad SMARTS) is 1. The minimum atomic E-state index is -1.04. The third-order valence-corrected chi connectivity index (χ3v) is 4.76. The Balaban J connectivity index is 1.35. The van der Waals surface area contributed by atoms with Gasteiger partial charge < -0.3 is 24.3 Å². The number of ether oxygens (including phenoxy) is 2. The average Bonchev–Trinajstić information content (AvgIpc) is 3.35. The second-order valence-corrected chi connectivity index (χ2v) is 6.56. The molecule has 1 saturated carbocycles. The van der Waals surface area contributed by atoms with Crippen molar-refractivity contribution in [2.45, 2.75) is 25.8 Å². The number of nitrogens with one attached hydrogen (secondary N) is 1. The molecule has 1 aliphatic heterocycles. The number of amides is 1. The third kappa shape index (κ3) is 3.12. The van der Waals surface area contributed by atoms with Gasteiger partial charge in [0.1, 0.15) is 30.3 Å². The Morgan fingerprint density at radius 2 is 1.96 bits per heavy atom. The molecule has 0 spiro atoms. The van der Waals surface area contributed by atoms with Crippen LogP contribution in [0.3, 0.4) is 0 Å². The minimum absolute atomic E-state index is 0.0594. The highest BCUT2D eigenvalue weighted by Gasteiger charge is 2.44. The summed E-state index contributed by atoms with van der Waals surface area (Å²) in [4.78, 5) is 23.4. The molecule has 0 bridgehead atoms. The van der Waals surface area contributed by atoms with Gasteiger partial charge in [-0.1, -0.05) is 6.07 Å². The molecule has 136 valence electrons. The summed E-state index contributed by atoms with van der Waals surface area (Å²) in [7, 11) is 0. The van der Waals surface area contributed by atoms with Crippen molar-refractivity contribution in [3.8, 4) is 11.5 Å². The monoisotopic (exact) mass is 357 g/mol. The summed E-state index contributed by atoms with van der Waals surface area (Å²) in [5, 5.41) is 11.9. The minimum Gasteiger partial charge on any atom is -0.486 e. The number of carbonyl (C=O) groups excluding carboxylic acids is 1. The molecule has 2 N–H and O–H groups in total. The van der Waals surface area contributed by atoms with Gasteiger partial charge in [0, 0.05) is 5.92 Å². The van der Waals surface area contributed by atoms with E-state index in [9.17, 15) is 9.59 Å². The summed E-state index contributed by atoms with van der Waals surface area (Å²) in [6.07, 6.45) is 0.781. The summed E-state index contributed by atoms with van der Waals surface area (Å²) in [6, 6.07) is 7.25. The van der Waals surface area contributed by atoms with Crippen molar-refractivity contribution in [2.75, 3.05) is 13.2 Å². The first-order chi connectivity index (χ1) is 12.5. The molecule has 26 heavy (non-hydrogen) atoms. The van der Waals surface area contributed by atoms with Gasteiger partial charge in [-0.3, -0.25) is 4.79 Å². The second-order valence-electron chi connectivity index (χ2n) is 6.56. The van der Waals surface area contributed by atoms with E-state index in [1.165, 1.54) is 6.07 Å². The van der Waals surface area contributed by atoms with Crippen molar-refractivity contribution in [3.05, 3.63) is 46.9 Å². The van der Waals surface area contributed by atoms with Crippen LogP contribution in [0.5, 0.6) is 11.5 Å². The lowest BCUT2D eigenvalue weighted by molar-refractivity contribution is -0.122. The Morgan fingerprint density at radius 1 is 1.19 bits per heavy atom. The number of aryl methyl sites for hydroxylation is 1. The molecule has 0 unspecified atom stereocenters. The Kier molecular flexibility index (Phi) is 4.06. The van der Waals surface area contributed by atoms with Gasteiger partial charge in [-0.25, -0.2) is 4.79 Å². The first-order valence-electron chi connectivity index (χ1n) is 8.53. The van der Waals surface area contributed by atoms with E-state index >= 15 is 0 Å². The molecule has 0 radical (unpaired) electrons. The quantitative estimate of drug-likeness (QED) is 0.853. The van der Waals surface area contributed by atoms with Gasteiger partial charge in [0.05, 0.1) is 6.54 Å². The van der Waals surface area contributed by atoms with Gasteiger partial charge in [0.2, 0.25) is 5.91 Å². The van der Waals surface area contributed by atoms with Crippen molar-refractivity contribution < 1.29 is 28.6 Å². The number of aromatic carboxylic acids is 1. The number of hydrogen-bond donors (Lipinski definition) is 2. The lowest BCUT2D eigenvalue weighted by atomic mass is 10.1. The smallest absolute Gasteiger partial charge is 0.339 e. The van der Waals surface area contributed by atoms with Crippen molar-refractivity contribution in [3.63, 3.8) is 0 Å². The molecule has 7 nitrogen and oxygen atoms in total. The van der Waals surface area contributed by atoms with Gasteiger partial charge in [0.25, 0.3) is 0 Å². The summed E-state index contributed by atoms with van der Waals surface area (Å²) < 4.78 is 16.5. The zero-order chi connectivity index (χ0) is 18.3. The Labute approximate surface area is 149 Å². The molecule has 7 heteroatoms. The first-order valence-corrected chi connectivity index (χ1v) is 8.53. The SMILES string of the molecule is Cc1oc(CNC(=O)[C@@H]2C[C@@H]2c2ccc3c(c2)OCCO3)cc1C(=O)O. The fourth-order valence-corrected chi connectivity index (χ4v) is 3.29. The van der Waals surface area contributed by atoms with Crippen LogP contribution in [0, 0.1) is 12.8 Å². The molecule has 1 aromatic carbocycles. The molecule has 0 saturated heterocycles. The molecule has 4 rings (SSSR count). The maximum atomic E-state index is 12.4. The standard InChI is InChI=1S/C19H19NO6/c1-10-13(19(22)23)7-12(26-10)9-20-18(21)15-8-14(15)11-2-3-16-17(6-11)25-5-4-24-16/h2-3,6-7,14-15H,4-5,8-9H2,1H3,(H,20,21)(H,22,23)/t14-,15-/m1/s1. The number of furan rings is 1. The number of rotatable bonds is 5. The van der Waals surface area contributed by atoms with Crippen molar-refractivity contribution >= 4 is 11.9 Å². The lowest BCUT2D eigenvalue weighted by Gasteiger charge is -2.18. The van der Waals surface area contributed by atoms with Crippen LogP contribution < -0.4 is 14.8 Å². The van der Waals surface area contributed by atoms with E-state index in [1.54, 1.807) is 6.92 Å². The summed E-state index contributed by atoms with van der Waals surface area (Å²) in [5.74, 6) is 1.22. The van der Waals surface area contributed by atoms with Crippen LogP contribution in [-0.2, 0) is 11.3 Å². The normalized spacial score (nSPS) is 20.5. The second kappa shape index (κ2) is 6.40. The zero-order valence-electron chi connectivity index (χ0n) is 14.3. The molecule has 1 aliphatic carbocycles. The van der Waals surface area contributed by atoms with E-state index in [4.69, 9.17) is 19.0 Å². The van der Waals surface area contributed by atoms with E-state index in [1.807, 2.05) is 18.2 Å². The number of carboxylic acids is 1. The van der Waals surface area contributed by atoms with Crippen LogP contribution in [0.1, 0.15) is 39.8 Å². The number of carbonyl (C=O) groups is 2. The van der Waals surface area contributed by atoms with Gasteiger partial charge in [-0.2, -0.15) is 0 Å².